The fourth-order valence-corrected chi connectivity index (χ4v) is 6.73. The van der Waals surface area contributed by atoms with Crippen LogP contribution in [0.3, 0.4) is 0 Å². The van der Waals surface area contributed by atoms with Gasteiger partial charge in [0.2, 0.25) is 0 Å². The molecule has 0 radical (unpaired) electrons. The molecule has 11 nitrogen and oxygen atoms in total. The number of aliphatic hydroxyl groups excluding tert-OH is 1. The van der Waals surface area contributed by atoms with Gasteiger partial charge >= 0.3 is 5.97 Å². The number of carboxylic acids is 1. The van der Waals surface area contributed by atoms with E-state index in [1.165, 1.54) is 51.5 Å². The molecule has 3 aliphatic rings. The van der Waals surface area contributed by atoms with Crippen molar-refractivity contribution in [2.24, 2.45) is 5.73 Å². The lowest BCUT2D eigenvalue weighted by Gasteiger charge is -2.49. The number of carbonyl (C=O) groups excluding carboxylic acids is 2. The SMILES string of the molecule is NC1NC(C(O)C(=O)NC2C(=O)N3C(C(=O)O)=C(CSc4nncs4)CS[C@@H]23)=CS1. The third-order valence-electron chi connectivity index (χ3n) is 4.45. The zero-order chi connectivity index (χ0) is 21.4. The molecule has 0 spiro atoms. The maximum Gasteiger partial charge on any atom is 0.352 e. The van der Waals surface area contributed by atoms with Crippen molar-refractivity contribution in [1.82, 2.24) is 25.7 Å². The van der Waals surface area contributed by atoms with Crippen LogP contribution in [-0.2, 0) is 14.4 Å². The predicted octanol–water partition coefficient (Wildman–Crippen LogP) is -0.850. The fraction of sp³-hybridized carbons (Fsp3) is 0.400. The molecule has 0 bridgehead atoms. The Bertz CT molecular complexity index is 938. The van der Waals surface area contributed by atoms with E-state index in [1.54, 1.807) is 10.9 Å². The molecule has 1 saturated heterocycles. The van der Waals surface area contributed by atoms with Crippen molar-refractivity contribution < 1.29 is 24.6 Å². The average Bonchev–Trinajstić information content (AvgIpc) is 3.40. The van der Waals surface area contributed by atoms with Gasteiger partial charge in [0.15, 0.2) is 10.4 Å². The number of amides is 2. The van der Waals surface area contributed by atoms with Crippen LogP contribution in [0, 0.1) is 0 Å². The molecule has 0 saturated carbocycles. The van der Waals surface area contributed by atoms with Crippen molar-refractivity contribution in [2.75, 3.05) is 11.5 Å². The number of carbonyl (C=O) groups is 3. The summed E-state index contributed by atoms with van der Waals surface area (Å²) in [5.41, 5.74) is 7.59. The third-order valence-corrected chi connectivity index (χ3v) is 8.54. The quantitative estimate of drug-likeness (QED) is 0.238. The van der Waals surface area contributed by atoms with Gasteiger partial charge in [-0.3, -0.25) is 14.5 Å². The summed E-state index contributed by atoms with van der Waals surface area (Å²) in [4.78, 5) is 38.1. The molecule has 0 aliphatic carbocycles. The third kappa shape index (κ3) is 4.04. The van der Waals surface area contributed by atoms with Gasteiger partial charge in [-0.1, -0.05) is 34.9 Å². The van der Waals surface area contributed by atoms with Gasteiger partial charge < -0.3 is 26.6 Å². The lowest BCUT2D eigenvalue weighted by molar-refractivity contribution is -0.151. The molecule has 4 atom stereocenters. The number of nitrogens with zero attached hydrogens (tertiary/aromatic N) is 3. The number of hydrogen-bond acceptors (Lipinski definition) is 12. The molecule has 1 aromatic heterocycles. The molecule has 4 heterocycles. The molecule has 3 aliphatic heterocycles. The maximum atomic E-state index is 12.7. The zero-order valence-corrected chi connectivity index (χ0v) is 18.3. The van der Waals surface area contributed by atoms with E-state index in [0.717, 1.165) is 0 Å². The molecule has 0 aromatic carbocycles. The molecule has 1 fully saturated rings. The zero-order valence-electron chi connectivity index (χ0n) is 15.0. The summed E-state index contributed by atoms with van der Waals surface area (Å²) in [5, 5.41) is 33.8. The van der Waals surface area contributed by atoms with Crippen LogP contribution >= 0.6 is 46.6 Å². The average molecular weight is 489 g/mol. The Morgan fingerprint density at radius 2 is 2.30 bits per heavy atom. The fourth-order valence-electron chi connectivity index (χ4n) is 3.06. The number of fused-ring (bicyclic) bond motifs is 1. The number of hydrogen-bond donors (Lipinski definition) is 5. The highest BCUT2D eigenvalue weighted by molar-refractivity contribution is 8.03. The molecule has 4 rings (SSSR count). The molecule has 6 N–H and O–H groups in total. The van der Waals surface area contributed by atoms with Crippen molar-refractivity contribution in [1.29, 1.82) is 0 Å². The first-order chi connectivity index (χ1) is 14.4. The monoisotopic (exact) mass is 488 g/mol. The van der Waals surface area contributed by atoms with Gasteiger partial charge in [-0.2, -0.15) is 0 Å². The number of β-lactam (4-membered cyclic amide) rings is 1. The molecular formula is C15H16N6O5S4. The van der Waals surface area contributed by atoms with Gasteiger partial charge in [-0.25, -0.2) is 4.79 Å². The van der Waals surface area contributed by atoms with Crippen molar-refractivity contribution >= 4 is 64.4 Å². The van der Waals surface area contributed by atoms with Gasteiger partial charge in [-0.05, 0) is 11.0 Å². The second-order valence-electron chi connectivity index (χ2n) is 6.32. The smallest absolute Gasteiger partial charge is 0.352 e. The van der Waals surface area contributed by atoms with E-state index < -0.39 is 40.8 Å². The van der Waals surface area contributed by atoms with Crippen molar-refractivity contribution in [3.05, 3.63) is 27.9 Å². The van der Waals surface area contributed by atoms with Crippen LogP contribution in [0.1, 0.15) is 0 Å². The normalized spacial score (nSPS) is 26.5. The van der Waals surface area contributed by atoms with E-state index in [2.05, 4.69) is 20.8 Å². The minimum Gasteiger partial charge on any atom is -0.477 e. The Labute approximate surface area is 186 Å². The van der Waals surface area contributed by atoms with E-state index in [0.29, 0.717) is 21.4 Å². The molecule has 30 heavy (non-hydrogen) atoms. The lowest BCUT2D eigenvalue weighted by atomic mass is 10.0. The van der Waals surface area contributed by atoms with Gasteiger partial charge in [0.25, 0.3) is 11.8 Å². The predicted molar refractivity (Wildman–Crippen MR) is 113 cm³/mol. The molecule has 1 aromatic rings. The van der Waals surface area contributed by atoms with E-state index in [-0.39, 0.29) is 11.4 Å². The maximum absolute atomic E-state index is 12.7. The summed E-state index contributed by atoms with van der Waals surface area (Å²) in [6.45, 7) is 0. The second-order valence-corrected chi connectivity index (χ2v) is 10.5. The molecule has 3 unspecified atom stereocenters. The Kier molecular flexibility index (Phi) is 6.26. The minimum absolute atomic E-state index is 0.0608. The van der Waals surface area contributed by atoms with Crippen LogP contribution in [0.25, 0.3) is 0 Å². The molecule has 15 heteroatoms. The van der Waals surface area contributed by atoms with Crippen molar-refractivity contribution in [3.63, 3.8) is 0 Å². The second kappa shape index (κ2) is 8.76. The highest BCUT2D eigenvalue weighted by Crippen LogP contribution is 2.41. The molecule has 2 amide bonds. The Morgan fingerprint density at radius 1 is 1.50 bits per heavy atom. The Morgan fingerprint density at radius 3 is 2.93 bits per heavy atom. The number of aromatic nitrogens is 2. The Hall–Kier alpha value is -1.78. The summed E-state index contributed by atoms with van der Waals surface area (Å²) in [6, 6.07) is -0.910. The topological polar surface area (TPSA) is 171 Å². The first kappa shape index (κ1) is 21.5. The first-order valence-electron chi connectivity index (χ1n) is 8.52. The van der Waals surface area contributed by atoms with E-state index in [9.17, 15) is 24.6 Å². The summed E-state index contributed by atoms with van der Waals surface area (Å²) < 4.78 is 0.709. The number of carboxylic acid groups (broad SMARTS) is 1. The summed E-state index contributed by atoms with van der Waals surface area (Å²) >= 11 is 5.29. The largest absolute Gasteiger partial charge is 0.477 e. The number of rotatable bonds is 7. The minimum atomic E-state index is -1.49. The first-order valence-corrected chi connectivity index (χ1v) is 12.4. The molecular weight excluding hydrogens is 472 g/mol. The summed E-state index contributed by atoms with van der Waals surface area (Å²) in [5.74, 6) is -1.70. The highest BCUT2D eigenvalue weighted by atomic mass is 32.2. The van der Waals surface area contributed by atoms with E-state index in [4.69, 9.17) is 5.73 Å². The van der Waals surface area contributed by atoms with Crippen LogP contribution in [0.15, 0.2) is 32.2 Å². The number of aliphatic carboxylic acids is 1. The van der Waals surface area contributed by atoms with Crippen molar-refractivity contribution in [3.8, 4) is 0 Å². The summed E-state index contributed by atoms with van der Waals surface area (Å²) in [6.07, 6.45) is -1.49. The number of nitrogens with one attached hydrogen (secondary N) is 2. The van der Waals surface area contributed by atoms with Crippen LogP contribution in [0.4, 0.5) is 0 Å². The van der Waals surface area contributed by atoms with Gasteiger partial charge in [0.1, 0.15) is 28.1 Å². The Balaban J connectivity index is 1.43. The van der Waals surface area contributed by atoms with Crippen LogP contribution in [0.5, 0.6) is 0 Å². The van der Waals surface area contributed by atoms with E-state index in [1.807, 2.05) is 0 Å². The highest BCUT2D eigenvalue weighted by Gasteiger charge is 2.54. The van der Waals surface area contributed by atoms with Gasteiger partial charge in [0.05, 0.1) is 5.70 Å². The van der Waals surface area contributed by atoms with Gasteiger partial charge in [-0.15, -0.1) is 22.0 Å². The molecule has 160 valence electrons. The number of aliphatic hydroxyl groups is 1. The van der Waals surface area contributed by atoms with Gasteiger partial charge in [0, 0.05) is 11.5 Å². The van der Waals surface area contributed by atoms with Crippen LogP contribution in [0.2, 0.25) is 0 Å². The van der Waals surface area contributed by atoms with Crippen LogP contribution < -0.4 is 16.4 Å². The number of thioether (sulfide) groups is 3. The van der Waals surface area contributed by atoms with Crippen LogP contribution in [-0.4, -0.2) is 77.6 Å². The number of nitrogens with two attached hydrogens (primary N) is 1. The lowest BCUT2D eigenvalue weighted by Crippen LogP contribution is -2.71. The van der Waals surface area contributed by atoms with Crippen molar-refractivity contribution in [2.45, 2.75) is 27.4 Å². The van der Waals surface area contributed by atoms with E-state index >= 15 is 0 Å². The summed E-state index contributed by atoms with van der Waals surface area (Å²) in [7, 11) is 0. The standard InChI is InChI=1S/C15H16N6O5S4/c16-14-18-6(3-28-14)9(22)10(23)19-7-11(24)21-8(13(25)26)5(1-27-12(7)21)2-29-15-20-17-4-30-15/h3-4,7,9,12,14,18,22H,1-2,16H2,(H,19,23)(H,25,26)/t7?,9?,12-,14?/m0/s1.